The zero-order valence-corrected chi connectivity index (χ0v) is 14.8. The van der Waals surface area contributed by atoms with E-state index in [0.29, 0.717) is 25.1 Å². The van der Waals surface area contributed by atoms with Gasteiger partial charge in [-0.05, 0) is 55.2 Å². The number of hydrogen-bond donors (Lipinski definition) is 0. The molecule has 0 aromatic heterocycles. The molecule has 0 saturated carbocycles. The number of aryl methyl sites for hydroxylation is 1. The molecule has 1 amide bonds. The van der Waals surface area contributed by atoms with Gasteiger partial charge in [0.1, 0.15) is 12.4 Å². The number of hydrogen-bond acceptors (Lipinski definition) is 3. The number of amides is 1. The van der Waals surface area contributed by atoms with E-state index in [1.165, 1.54) is 24.3 Å². The van der Waals surface area contributed by atoms with Crippen LogP contribution in [-0.4, -0.2) is 29.9 Å². The summed E-state index contributed by atoms with van der Waals surface area (Å²) in [6.07, 6.45) is 1.46. The molecule has 1 heterocycles. The summed E-state index contributed by atoms with van der Waals surface area (Å²) in [7, 11) is 0. The quantitative estimate of drug-likeness (QED) is 0.785. The van der Waals surface area contributed by atoms with E-state index in [0.717, 1.165) is 17.5 Å². The first-order valence-electron chi connectivity index (χ1n) is 8.80. The number of carbonyl (C=O) groups is 2. The summed E-state index contributed by atoms with van der Waals surface area (Å²) in [4.78, 5) is 26.6. The van der Waals surface area contributed by atoms with E-state index in [4.69, 9.17) is 4.74 Å². The second-order valence-electron chi connectivity index (χ2n) is 6.63. The third-order valence-corrected chi connectivity index (χ3v) is 4.76. The molecule has 1 aliphatic rings. The number of carbonyl (C=O) groups excluding carboxylic acids is 2. The summed E-state index contributed by atoms with van der Waals surface area (Å²) >= 11 is 0. The van der Waals surface area contributed by atoms with E-state index in [1.807, 2.05) is 31.2 Å². The van der Waals surface area contributed by atoms with Crippen LogP contribution in [0.15, 0.2) is 48.5 Å². The number of piperidine rings is 1. The van der Waals surface area contributed by atoms with Gasteiger partial charge in [0.05, 0.1) is 5.92 Å². The molecule has 5 heteroatoms. The summed E-state index contributed by atoms with van der Waals surface area (Å²) < 4.78 is 18.5. The minimum Gasteiger partial charge on any atom is -0.461 e. The fraction of sp³-hybridized carbons (Fsp3) is 0.333. The van der Waals surface area contributed by atoms with E-state index in [-0.39, 0.29) is 30.2 Å². The van der Waals surface area contributed by atoms with Gasteiger partial charge in [-0.25, -0.2) is 4.39 Å². The van der Waals surface area contributed by atoms with Crippen molar-refractivity contribution in [2.45, 2.75) is 26.4 Å². The summed E-state index contributed by atoms with van der Waals surface area (Å²) in [6.45, 7) is 3.15. The van der Waals surface area contributed by atoms with Crippen LogP contribution < -0.4 is 0 Å². The van der Waals surface area contributed by atoms with Crippen molar-refractivity contribution in [2.24, 2.45) is 5.92 Å². The predicted molar refractivity (Wildman–Crippen MR) is 96.0 cm³/mol. The Labute approximate surface area is 152 Å². The van der Waals surface area contributed by atoms with Crippen molar-refractivity contribution >= 4 is 11.9 Å². The first kappa shape index (κ1) is 18.1. The molecule has 26 heavy (non-hydrogen) atoms. The largest absolute Gasteiger partial charge is 0.461 e. The number of ether oxygens (including phenoxy) is 1. The molecule has 0 spiro atoms. The lowest BCUT2D eigenvalue weighted by atomic mass is 9.97. The highest BCUT2D eigenvalue weighted by Crippen LogP contribution is 2.21. The molecule has 1 unspecified atom stereocenters. The summed E-state index contributed by atoms with van der Waals surface area (Å²) in [6, 6.07) is 13.3. The lowest BCUT2D eigenvalue weighted by molar-refractivity contribution is -0.151. The van der Waals surface area contributed by atoms with Gasteiger partial charge in [-0.1, -0.05) is 24.3 Å². The predicted octanol–water partition coefficient (Wildman–Crippen LogP) is 3.73. The van der Waals surface area contributed by atoms with Crippen LogP contribution in [0.4, 0.5) is 4.39 Å². The molecule has 0 bridgehead atoms. The molecule has 1 saturated heterocycles. The summed E-state index contributed by atoms with van der Waals surface area (Å²) in [5, 5.41) is 0. The molecule has 0 N–H and O–H groups in total. The molecule has 3 rings (SSSR count). The maximum absolute atomic E-state index is 13.0. The highest BCUT2D eigenvalue weighted by Gasteiger charge is 2.30. The van der Waals surface area contributed by atoms with Gasteiger partial charge >= 0.3 is 5.97 Å². The van der Waals surface area contributed by atoms with E-state index in [1.54, 1.807) is 4.90 Å². The zero-order valence-electron chi connectivity index (χ0n) is 14.8. The van der Waals surface area contributed by atoms with Crippen molar-refractivity contribution in [1.29, 1.82) is 0 Å². The normalized spacial score (nSPS) is 17.0. The van der Waals surface area contributed by atoms with E-state index < -0.39 is 0 Å². The Hall–Kier alpha value is -2.69. The maximum atomic E-state index is 13.0. The van der Waals surface area contributed by atoms with Crippen LogP contribution in [0.3, 0.4) is 0 Å². The molecule has 1 aliphatic heterocycles. The Bertz CT molecular complexity index is 788. The van der Waals surface area contributed by atoms with E-state index in [2.05, 4.69) is 0 Å². The molecule has 2 aromatic carbocycles. The van der Waals surface area contributed by atoms with Crippen molar-refractivity contribution in [2.75, 3.05) is 13.1 Å². The second-order valence-corrected chi connectivity index (χ2v) is 6.63. The fourth-order valence-corrected chi connectivity index (χ4v) is 3.17. The minimum atomic E-state index is -0.377. The topological polar surface area (TPSA) is 46.6 Å². The average molecular weight is 355 g/mol. The van der Waals surface area contributed by atoms with E-state index in [9.17, 15) is 14.0 Å². The first-order chi connectivity index (χ1) is 12.5. The van der Waals surface area contributed by atoms with Gasteiger partial charge in [-0.2, -0.15) is 0 Å². The zero-order chi connectivity index (χ0) is 18.5. The molecule has 0 radical (unpaired) electrons. The van der Waals surface area contributed by atoms with Crippen LogP contribution in [0.25, 0.3) is 0 Å². The molecule has 1 atom stereocenters. The van der Waals surface area contributed by atoms with Gasteiger partial charge in [0.25, 0.3) is 5.91 Å². The molecular weight excluding hydrogens is 333 g/mol. The van der Waals surface area contributed by atoms with Crippen LogP contribution >= 0.6 is 0 Å². The van der Waals surface area contributed by atoms with Crippen molar-refractivity contribution in [3.8, 4) is 0 Å². The van der Waals surface area contributed by atoms with Crippen LogP contribution in [0.1, 0.15) is 34.3 Å². The molecular formula is C21H22FNO3. The number of halogens is 1. The SMILES string of the molecule is Cc1ccccc1COC(=O)C1CCCN(C(=O)c2ccc(F)cc2)C1. The Morgan fingerprint density at radius 3 is 2.62 bits per heavy atom. The monoisotopic (exact) mass is 355 g/mol. The van der Waals surface area contributed by atoms with Crippen molar-refractivity contribution in [1.82, 2.24) is 4.90 Å². The van der Waals surface area contributed by atoms with E-state index >= 15 is 0 Å². The first-order valence-corrected chi connectivity index (χ1v) is 8.80. The highest BCUT2D eigenvalue weighted by molar-refractivity contribution is 5.94. The van der Waals surface area contributed by atoms with Crippen LogP contribution in [0.5, 0.6) is 0 Å². The number of rotatable bonds is 4. The van der Waals surface area contributed by atoms with Gasteiger partial charge in [0.15, 0.2) is 0 Å². The van der Waals surface area contributed by atoms with Gasteiger partial charge in [-0.3, -0.25) is 9.59 Å². The molecule has 1 fully saturated rings. The Morgan fingerprint density at radius 2 is 1.88 bits per heavy atom. The van der Waals surface area contributed by atoms with Gasteiger partial charge in [0.2, 0.25) is 0 Å². The number of benzene rings is 2. The lowest BCUT2D eigenvalue weighted by Gasteiger charge is -2.31. The van der Waals surface area contributed by atoms with Crippen LogP contribution in [0, 0.1) is 18.7 Å². The second kappa shape index (κ2) is 8.13. The van der Waals surface area contributed by atoms with Crippen molar-refractivity contribution in [3.63, 3.8) is 0 Å². The third-order valence-electron chi connectivity index (χ3n) is 4.76. The highest BCUT2D eigenvalue weighted by atomic mass is 19.1. The summed E-state index contributed by atoms with van der Waals surface area (Å²) in [5.41, 5.74) is 2.49. The van der Waals surface area contributed by atoms with Gasteiger partial charge in [-0.15, -0.1) is 0 Å². The van der Waals surface area contributed by atoms with Crippen molar-refractivity contribution in [3.05, 3.63) is 71.0 Å². The Morgan fingerprint density at radius 1 is 1.15 bits per heavy atom. The fourth-order valence-electron chi connectivity index (χ4n) is 3.17. The Balaban J connectivity index is 1.59. The molecule has 0 aliphatic carbocycles. The standard InChI is InChI=1S/C21H22FNO3/c1-15-5-2-3-6-18(15)14-26-21(25)17-7-4-12-23(13-17)20(24)16-8-10-19(22)11-9-16/h2-3,5-6,8-11,17H,4,7,12-14H2,1H3. The van der Waals surface area contributed by atoms with Gasteiger partial charge in [0, 0.05) is 18.7 Å². The number of likely N-dealkylation sites (tertiary alicyclic amines) is 1. The third kappa shape index (κ3) is 4.28. The van der Waals surface area contributed by atoms with Crippen LogP contribution in [-0.2, 0) is 16.1 Å². The number of esters is 1. The van der Waals surface area contributed by atoms with Gasteiger partial charge < -0.3 is 9.64 Å². The molecule has 4 nitrogen and oxygen atoms in total. The van der Waals surface area contributed by atoms with Crippen LogP contribution in [0.2, 0.25) is 0 Å². The molecule has 136 valence electrons. The summed E-state index contributed by atoms with van der Waals surface area (Å²) in [5.74, 6) is -1.15. The average Bonchev–Trinajstić information content (AvgIpc) is 2.67. The maximum Gasteiger partial charge on any atom is 0.311 e. The molecule has 2 aromatic rings. The van der Waals surface area contributed by atoms with Crippen molar-refractivity contribution < 1.29 is 18.7 Å². The number of nitrogens with zero attached hydrogens (tertiary/aromatic N) is 1. The minimum absolute atomic E-state index is 0.179. The Kier molecular flexibility index (Phi) is 5.66. The smallest absolute Gasteiger partial charge is 0.311 e. The lowest BCUT2D eigenvalue weighted by Crippen LogP contribution is -2.42.